The van der Waals surface area contributed by atoms with Crippen LogP contribution in [-0.2, 0) is 4.43 Å². The van der Waals surface area contributed by atoms with E-state index in [0.29, 0.717) is 11.1 Å². The first-order valence-corrected chi connectivity index (χ1v) is 11.1. The minimum absolute atomic E-state index is 0.302. The molecule has 0 bridgehead atoms. The van der Waals surface area contributed by atoms with E-state index < -0.39 is 8.32 Å². The van der Waals surface area contributed by atoms with Gasteiger partial charge in [0, 0.05) is 19.2 Å². The number of benzene rings is 1. The number of nitrogens with zero attached hydrogens (tertiary/aromatic N) is 1. The van der Waals surface area contributed by atoms with Crippen LogP contribution < -0.4 is 0 Å². The lowest BCUT2D eigenvalue weighted by molar-refractivity contribution is 0.188. The highest BCUT2D eigenvalue weighted by molar-refractivity contribution is 6.74. The van der Waals surface area contributed by atoms with Crippen molar-refractivity contribution < 1.29 is 4.43 Å². The minimum atomic E-state index is -1.60. The fourth-order valence-corrected chi connectivity index (χ4v) is 3.82. The van der Waals surface area contributed by atoms with Crippen LogP contribution >= 0.6 is 0 Å². The topological polar surface area (TPSA) is 12.5 Å². The smallest absolute Gasteiger partial charge is 0.192 e. The summed E-state index contributed by atoms with van der Waals surface area (Å²) in [6.07, 6.45) is 2.59. The van der Waals surface area contributed by atoms with Crippen molar-refractivity contribution >= 4 is 8.32 Å². The average molecular weight is 306 g/mol. The van der Waals surface area contributed by atoms with Gasteiger partial charge in [-0.3, -0.25) is 4.90 Å². The van der Waals surface area contributed by atoms with E-state index in [0.717, 1.165) is 13.2 Å². The predicted molar refractivity (Wildman–Crippen MR) is 93.1 cm³/mol. The molecular weight excluding hydrogens is 274 g/mol. The molecule has 1 fully saturated rings. The molecule has 2 nitrogen and oxygen atoms in total. The van der Waals surface area contributed by atoms with Gasteiger partial charge in [0.05, 0.1) is 0 Å². The quantitative estimate of drug-likeness (QED) is 0.721. The second kappa shape index (κ2) is 6.63. The van der Waals surface area contributed by atoms with E-state index in [1.807, 2.05) is 0 Å². The van der Waals surface area contributed by atoms with Crippen molar-refractivity contribution in [3.05, 3.63) is 35.9 Å². The lowest BCUT2D eigenvalue weighted by atomic mass is 10.1. The average Bonchev–Trinajstić information content (AvgIpc) is 2.86. The molecule has 0 saturated carbocycles. The van der Waals surface area contributed by atoms with E-state index >= 15 is 0 Å². The Morgan fingerprint density at radius 1 is 1.19 bits per heavy atom. The zero-order chi connectivity index (χ0) is 15.5. The molecule has 0 N–H and O–H groups in total. The molecule has 21 heavy (non-hydrogen) atoms. The van der Waals surface area contributed by atoms with Gasteiger partial charge in [0.2, 0.25) is 0 Å². The summed E-state index contributed by atoms with van der Waals surface area (Å²) in [7, 11) is -1.60. The summed E-state index contributed by atoms with van der Waals surface area (Å²) in [5.74, 6) is 0. The molecule has 0 radical (unpaired) electrons. The summed E-state index contributed by atoms with van der Waals surface area (Å²) in [6, 6.07) is 11.5. The Labute approximate surface area is 131 Å². The highest BCUT2D eigenvalue weighted by Gasteiger charge is 2.37. The molecule has 3 heteroatoms. The maximum atomic E-state index is 6.34. The third-order valence-electron chi connectivity index (χ3n) is 5.20. The summed E-state index contributed by atoms with van der Waals surface area (Å²) in [6.45, 7) is 14.7. The van der Waals surface area contributed by atoms with Crippen LogP contribution in [-0.4, -0.2) is 32.9 Å². The van der Waals surface area contributed by atoms with Gasteiger partial charge >= 0.3 is 0 Å². The van der Waals surface area contributed by atoms with Crippen LogP contribution in [0.5, 0.6) is 0 Å². The molecule has 1 aliphatic heterocycles. The van der Waals surface area contributed by atoms with Crippen molar-refractivity contribution in [2.75, 3.05) is 19.7 Å². The molecule has 1 atom stereocenters. The highest BCUT2D eigenvalue weighted by Crippen LogP contribution is 2.37. The number of hydrogen-bond acceptors (Lipinski definition) is 2. The Morgan fingerprint density at radius 2 is 1.86 bits per heavy atom. The first-order valence-electron chi connectivity index (χ1n) is 8.24. The van der Waals surface area contributed by atoms with Crippen molar-refractivity contribution in [1.82, 2.24) is 4.90 Å². The molecule has 1 aromatic carbocycles. The number of hydrogen-bond donors (Lipinski definition) is 0. The zero-order valence-corrected chi connectivity index (χ0v) is 15.4. The maximum Gasteiger partial charge on any atom is 0.192 e. The van der Waals surface area contributed by atoms with Crippen molar-refractivity contribution in [2.24, 2.45) is 0 Å². The fraction of sp³-hybridized carbons (Fsp3) is 0.667. The van der Waals surface area contributed by atoms with Crippen molar-refractivity contribution in [3.8, 4) is 0 Å². The van der Waals surface area contributed by atoms with E-state index in [1.54, 1.807) is 0 Å². The monoisotopic (exact) mass is 305 g/mol. The molecular formula is C18H31NOSi. The Bertz CT molecular complexity index is 438. The summed E-state index contributed by atoms with van der Waals surface area (Å²) in [5.41, 5.74) is 1.46. The molecule has 2 rings (SSSR count). The fourth-order valence-electron chi connectivity index (χ4n) is 2.78. The predicted octanol–water partition coefficient (Wildman–Crippen LogP) is 4.85. The molecule has 1 aliphatic rings. The van der Waals surface area contributed by atoms with Crippen LogP contribution in [0.15, 0.2) is 30.3 Å². The van der Waals surface area contributed by atoms with Crippen molar-refractivity contribution in [1.29, 1.82) is 0 Å². The molecule has 0 spiro atoms. The van der Waals surface area contributed by atoms with Crippen molar-refractivity contribution in [2.45, 2.75) is 57.8 Å². The first-order chi connectivity index (χ1) is 9.81. The van der Waals surface area contributed by atoms with E-state index in [9.17, 15) is 0 Å². The van der Waals surface area contributed by atoms with E-state index in [4.69, 9.17) is 4.43 Å². The van der Waals surface area contributed by atoms with Crippen LogP contribution in [0.25, 0.3) is 0 Å². The Kier molecular flexibility index (Phi) is 5.28. The molecule has 0 aromatic heterocycles. The summed E-state index contributed by atoms with van der Waals surface area (Å²) >= 11 is 0. The lowest BCUT2D eigenvalue weighted by Gasteiger charge is -2.37. The van der Waals surface area contributed by atoms with Crippen molar-refractivity contribution in [3.63, 3.8) is 0 Å². The normalized spacial score (nSPS) is 20.9. The molecule has 1 aromatic rings. The Hall–Kier alpha value is -0.643. The van der Waals surface area contributed by atoms with Crippen LogP contribution in [0.1, 0.15) is 45.2 Å². The van der Waals surface area contributed by atoms with E-state index in [2.05, 4.69) is 69.1 Å². The second-order valence-electron chi connectivity index (χ2n) is 7.71. The number of rotatable bonds is 5. The van der Waals surface area contributed by atoms with Gasteiger partial charge in [0.25, 0.3) is 0 Å². The summed E-state index contributed by atoms with van der Waals surface area (Å²) in [5, 5.41) is 0.302. The van der Waals surface area contributed by atoms with Crippen LogP contribution in [0.3, 0.4) is 0 Å². The molecule has 0 aliphatic carbocycles. The Balaban J connectivity index is 1.88. The molecule has 0 amide bonds. The van der Waals surface area contributed by atoms with Crippen LogP contribution in [0.2, 0.25) is 18.1 Å². The standard InChI is InChI=1S/C18H31NOSi/c1-18(2,3)21(4,5)20-15-14-19-13-9-12-17(19)16-10-7-6-8-11-16/h6-8,10-11,17H,9,12-15H2,1-5H3. The summed E-state index contributed by atoms with van der Waals surface area (Å²) < 4.78 is 6.34. The minimum Gasteiger partial charge on any atom is -0.416 e. The van der Waals surface area contributed by atoms with Gasteiger partial charge in [-0.25, -0.2) is 0 Å². The van der Waals surface area contributed by atoms with Crippen LogP contribution in [0.4, 0.5) is 0 Å². The second-order valence-corrected chi connectivity index (χ2v) is 12.5. The van der Waals surface area contributed by atoms with Gasteiger partial charge < -0.3 is 4.43 Å². The van der Waals surface area contributed by atoms with E-state index in [1.165, 1.54) is 24.9 Å². The largest absolute Gasteiger partial charge is 0.416 e. The zero-order valence-electron chi connectivity index (χ0n) is 14.4. The molecule has 118 valence electrons. The molecule has 1 unspecified atom stereocenters. The van der Waals surface area contributed by atoms with Gasteiger partial charge in [-0.15, -0.1) is 0 Å². The van der Waals surface area contributed by atoms with E-state index in [-0.39, 0.29) is 0 Å². The summed E-state index contributed by atoms with van der Waals surface area (Å²) in [4.78, 5) is 2.60. The van der Waals surface area contributed by atoms with Gasteiger partial charge in [0.15, 0.2) is 8.32 Å². The lowest BCUT2D eigenvalue weighted by Crippen LogP contribution is -2.42. The highest BCUT2D eigenvalue weighted by atomic mass is 28.4. The van der Waals surface area contributed by atoms with Crippen LogP contribution in [0, 0.1) is 0 Å². The number of likely N-dealkylation sites (tertiary alicyclic amines) is 1. The third kappa shape index (κ3) is 4.18. The first kappa shape index (κ1) is 16.7. The third-order valence-corrected chi connectivity index (χ3v) is 9.73. The maximum absolute atomic E-state index is 6.34. The molecule has 1 heterocycles. The van der Waals surface area contributed by atoms with Gasteiger partial charge in [-0.1, -0.05) is 51.1 Å². The molecule has 1 saturated heterocycles. The van der Waals surface area contributed by atoms with Gasteiger partial charge in [-0.05, 0) is 43.1 Å². The Morgan fingerprint density at radius 3 is 2.48 bits per heavy atom. The van der Waals surface area contributed by atoms with Gasteiger partial charge in [0.1, 0.15) is 0 Å². The van der Waals surface area contributed by atoms with Gasteiger partial charge in [-0.2, -0.15) is 0 Å². The SMILES string of the molecule is CC(C)(C)[Si](C)(C)OCCN1CCCC1c1ccccc1.